The molecular weight excluding hydrogens is 575 g/mol. The number of hydrogen-bond acceptors (Lipinski definition) is 8. The first-order valence-corrected chi connectivity index (χ1v) is 13.9. The van der Waals surface area contributed by atoms with E-state index in [4.69, 9.17) is 11.5 Å². The molecule has 2 atom stereocenters. The maximum absolute atomic E-state index is 13.2. The molecule has 1 fully saturated rings. The third-order valence-corrected chi connectivity index (χ3v) is 7.20. The normalized spacial score (nSPS) is 15.9. The highest BCUT2D eigenvalue weighted by molar-refractivity contribution is 5.99. The van der Waals surface area contributed by atoms with Crippen LogP contribution in [-0.2, 0) is 9.59 Å². The number of nitrogens with one attached hydrogen (secondary N) is 2. The molecule has 2 aromatic carbocycles. The number of para-hydroxylation sites is 1. The van der Waals surface area contributed by atoms with Crippen molar-refractivity contribution >= 4 is 29.0 Å². The average Bonchev–Trinajstić information content (AvgIpc) is 3.39. The van der Waals surface area contributed by atoms with E-state index in [1.807, 2.05) is 26.1 Å². The second-order valence-electron chi connectivity index (χ2n) is 11.9. The van der Waals surface area contributed by atoms with Gasteiger partial charge in [-0.3, -0.25) is 9.59 Å². The van der Waals surface area contributed by atoms with Crippen LogP contribution in [-0.4, -0.2) is 53.3 Å². The van der Waals surface area contributed by atoms with Crippen LogP contribution in [0.15, 0.2) is 48.5 Å². The van der Waals surface area contributed by atoms with Gasteiger partial charge in [-0.1, -0.05) is 39.0 Å². The van der Waals surface area contributed by atoms with Crippen molar-refractivity contribution in [2.45, 2.75) is 51.9 Å². The number of benzene rings is 2. The Hall–Kier alpha value is -4.83. The molecule has 4 rings (SSSR count). The van der Waals surface area contributed by atoms with Gasteiger partial charge in [-0.05, 0) is 54.2 Å². The number of nitrogens with two attached hydrogens (primary N) is 2. The second kappa shape index (κ2) is 12.4. The number of rotatable bonds is 7. The zero-order chi connectivity index (χ0) is 32.4. The van der Waals surface area contributed by atoms with Gasteiger partial charge in [0.15, 0.2) is 0 Å². The third kappa shape index (κ3) is 7.38. The zero-order valence-corrected chi connectivity index (χ0v) is 24.5. The molecular formula is C31H34F3N7O3. The van der Waals surface area contributed by atoms with Crippen LogP contribution in [0.5, 0.6) is 5.75 Å². The van der Waals surface area contributed by atoms with Crippen LogP contribution >= 0.6 is 0 Å². The smallest absolute Gasteiger partial charge is 0.471 e. The number of nitrogen functional groups attached to an aromatic ring is 1. The fourth-order valence-corrected chi connectivity index (χ4v) is 5.16. The summed E-state index contributed by atoms with van der Waals surface area (Å²) in [6.07, 6.45) is -4.37. The van der Waals surface area contributed by atoms with E-state index in [2.05, 4.69) is 16.4 Å². The molecule has 1 saturated heterocycles. The lowest BCUT2D eigenvalue weighted by atomic mass is 9.88. The number of nitrogens with zero attached hydrogens (tertiary/aromatic N) is 3. The van der Waals surface area contributed by atoms with E-state index in [0.717, 1.165) is 0 Å². The first-order chi connectivity index (χ1) is 20.6. The Kier molecular flexibility index (Phi) is 9.06. The third-order valence-electron chi connectivity index (χ3n) is 7.20. The summed E-state index contributed by atoms with van der Waals surface area (Å²) in [5.74, 6) is -2.58. The fourth-order valence-electron chi connectivity index (χ4n) is 5.16. The number of anilines is 3. The molecule has 2 amide bonds. The summed E-state index contributed by atoms with van der Waals surface area (Å²) < 4.78 is 38.5. The summed E-state index contributed by atoms with van der Waals surface area (Å²) >= 11 is 0. The predicted octanol–water partition coefficient (Wildman–Crippen LogP) is 4.53. The molecule has 44 heavy (non-hydrogen) atoms. The largest absolute Gasteiger partial charge is 0.507 e. The van der Waals surface area contributed by atoms with Crippen molar-refractivity contribution in [2.24, 2.45) is 11.1 Å². The van der Waals surface area contributed by atoms with E-state index < -0.39 is 30.1 Å². The molecule has 1 aliphatic rings. The lowest BCUT2D eigenvalue weighted by Gasteiger charge is -2.26. The van der Waals surface area contributed by atoms with Crippen LogP contribution in [0.4, 0.5) is 30.4 Å². The van der Waals surface area contributed by atoms with Gasteiger partial charge in [0, 0.05) is 30.3 Å². The van der Waals surface area contributed by atoms with Crippen LogP contribution in [0.3, 0.4) is 0 Å². The summed E-state index contributed by atoms with van der Waals surface area (Å²) in [6, 6.07) is 13.6. The number of carbonyl (C=O) groups is 2. The van der Waals surface area contributed by atoms with Gasteiger partial charge in [-0.15, -0.1) is 0 Å². The molecule has 1 unspecified atom stereocenters. The molecule has 13 heteroatoms. The summed E-state index contributed by atoms with van der Waals surface area (Å²) in [5.41, 5.74) is 14.6. The number of alkyl halides is 3. The molecule has 0 bridgehead atoms. The van der Waals surface area contributed by atoms with Gasteiger partial charge in [0.25, 0.3) is 0 Å². The van der Waals surface area contributed by atoms with Crippen molar-refractivity contribution < 1.29 is 27.9 Å². The maximum atomic E-state index is 13.2. The van der Waals surface area contributed by atoms with Crippen molar-refractivity contribution in [3.05, 3.63) is 54.1 Å². The number of hydrogen-bond donors (Lipinski definition) is 5. The van der Waals surface area contributed by atoms with E-state index in [9.17, 15) is 33.1 Å². The van der Waals surface area contributed by atoms with Gasteiger partial charge in [0.1, 0.15) is 23.2 Å². The molecule has 0 spiro atoms. The minimum Gasteiger partial charge on any atom is -0.507 e. The Bertz CT molecular complexity index is 1610. The number of pyridine rings is 1. The van der Waals surface area contributed by atoms with Crippen LogP contribution in [0, 0.1) is 16.7 Å². The van der Waals surface area contributed by atoms with Gasteiger partial charge >= 0.3 is 12.1 Å². The molecule has 1 aromatic heterocycles. The highest BCUT2D eigenvalue weighted by Crippen LogP contribution is 2.38. The first-order valence-electron chi connectivity index (χ1n) is 13.9. The van der Waals surface area contributed by atoms with Crippen molar-refractivity contribution in [1.29, 1.82) is 5.26 Å². The number of phenolic OH excluding ortho intramolecular Hbond substituents is 1. The minimum atomic E-state index is -5.00. The van der Waals surface area contributed by atoms with E-state index in [0.29, 0.717) is 46.7 Å². The number of carbonyl (C=O) groups excluding carboxylic acids is 2. The lowest BCUT2D eigenvalue weighted by molar-refractivity contribution is -0.174. The van der Waals surface area contributed by atoms with E-state index in [-0.39, 0.29) is 35.5 Å². The quantitative estimate of drug-likeness (QED) is 0.260. The Morgan fingerprint density at radius 1 is 1.16 bits per heavy atom. The maximum Gasteiger partial charge on any atom is 0.471 e. The predicted molar refractivity (Wildman–Crippen MR) is 161 cm³/mol. The second-order valence-corrected chi connectivity index (χ2v) is 11.9. The number of phenols is 1. The molecule has 7 N–H and O–H groups in total. The van der Waals surface area contributed by atoms with Crippen molar-refractivity contribution in [3.8, 4) is 34.2 Å². The molecule has 1 aliphatic heterocycles. The van der Waals surface area contributed by atoms with Gasteiger partial charge in [-0.25, -0.2) is 4.98 Å². The van der Waals surface area contributed by atoms with Gasteiger partial charge < -0.3 is 32.1 Å². The van der Waals surface area contributed by atoms with E-state index >= 15 is 0 Å². The number of aromatic hydroxyl groups is 1. The van der Waals surface area contributed by atoms with Crippen molar-refractivity contribution in [1.82, 2.24) is 10.3 Å². The van der Waals surface area contributed by atoms with Crippen LogP contribution in [0.25, 0.3) is 22.4 Å². The van der Waals surface area contributed by atoms with E-state index in [1.54, 1.807) is 47.4 Å². The Balaban J connectivity index is 1.76. The standard InChI is InChI=1S/C31H34F3N7O3/c1-30(2,3)14-22(36)28(43)40-24-12-17(8-9-25(24)41-11-10-18(16-41)38-29(44)31(32,33)34)20-13-23(39-27(37)21(20)15-35)19-6-4-5-7-26(19)42/h4-9,12-13,18,22,42H,10-11,14,16,36H2,1-3H3,(H2,37,39)(H,38,44)(H,40,43)/t18?,22-/m0/s1. The molecule has 0 radical (unpaired) electrons. The van der Waals surface area contributed by atoms with Gasteiger partial charge in [0.2, 0.25) is 5.91 Å². The fraction of sp³-hybridized carbons (Fsp3) is 0.355. The topological polar surface area (TPSA) is 170 Å². The molecule has 0 saturated carbocycles. The van der Waals surface area contributed by atoms with Crippen LogP contribution in [0.2, 0.25) is 0 Å². The molecule has 0 aliphatic carbocycles. The van der Waals surface area contributed by atoms with Crippen LogP contribution < -0.4 is 27.0 Å². The van der Waals surface area contributed by atoms with Gasteiger partial charge in [-0.2, -0.15) is 18.4 Å². The highest BCUT2D eigenvalue weighted by Gasteiger charge is 2.41. The first kappa shape index (κ1) is 32.1. The minimum absolute atomic E-state index is 0.0348. The van der Waals surface area contributed by atoms with Gasteiger partial charge in [0.05, 0.1) is 23.1 Å². The molecule has 10 nitrogen and oxygen atoms in total. The highest BCUT2D eigenvalue weighted by atomic mass is 19.4. The number of halogens is 3. The number of amides is 2. The Morgan fingerprint density at radius 3 is 2.50 bits per heavy atom. The monoisotopic (exact) mass is 609 g/mol. The number of aromatic nitrogens is 1. The lowest BCUT2D eigenvalue weighted by Crippen LogP contribution is -2.44. The number of nitriles is 1. The zero-order valence-electron chi connectivity index (χ0n) is 24.5. The van der Waals surface area contributed by atoms with Crippen molar-refractivity contribution in [2.75, 3.05) is 29.0 Å². The Labute approximate surface area is 252 Å². The van der Waals surface area contributed by atoms with Crippen molar-refractivity contribution in [3.63, 3.8) is 0 Å². The summed E-state index contributed by atoms with van der Waals surface area (Å²) in [4.78, 5) is 30.8. The van der Waals surface area contributed by atoms with Crippen LogP contribution in [0.1, 0.15) is 39.2 Å². The Morgan fingerprint density at radius 2 is 1.86 bits per heavy atom. The average molecular weight is 610 g/mol. The van der Waals surface area contributed by atoms with E-state index in [1.165, 1.54) is 6.07 Å². The molecule has 2 heterocycles. The molecule has 232 valence electrons. The molecule has 3 aromatic rings. The summed E-state index contributed by atoms with van der Waals surface area (Å²) in [6.45, 7) is 6.23. The summed E-state index contributed by atoms with van der Waals surface area (Å²) in [7, 11) is 0. The summed E-state index contributed by atoms with van der Waals surface area (Å²) in [5, 5.41) is 25.2. The SMILES string of the molecule is CC(C)(C)C[C@H](N)C(=O)Nc1cc(-c2cc(-c3ccccc3O)nc(N)c2C#N)ccc1N1CCC(NC(=O)C(F)(F)F)C1.